The van der Waals surface area contributed by atoms with Crippen LogP contribution < -0.4 is 5.32 Å². The summed E-state index contributed by atoms with van der Waals surface area (Å²) in [5, 5.41) is 16.9. The summed E-state index contributed by atoms with van der Waals surface area (Å²) in [6.07, 6.45) is 2.15. The van der Waals surface area contributed by atoms with Gasteiger partial charge in [-0.25, -0.2) is 4.79 Å². The topological polar surface area (TPSA) is 84.2 Å². The van der Waals surface area contributed by atoms with Crippen LogP contribution in [0.3, 0.4) is 0 Å². The smallest absolute Gasteiger partial charge is 0.339 e. The van der Waals surface area contributed by atoms with E-state index < -0.39 is 5.97 Å². The molecule has 1 amide bonds. The molecule has 130 valence electrons. The zero-order valence-corrected chi connectivity index (χ0v) is 15.5. The summed E-state index contributed by atoms with van der Waals surface area (Å²) in [4.78, 5) is 25.0. The van der Waals surface area contributed by atoms with Crippen LogP contribution in [0.5, 0.6) is 0 Å². The zero-order chi connectivity index (χ0) is 18.0. The number of amides is 1. The first-order chi connectivity index (χ1) is 11.3. The van der Waals surface area contributed by atoms with Gasteiger partial charge in [0.05, 0.1) is 17.3 Å². The second-order valence-corrected chi connectivity index (χ2v) is 7.40. The molecular weight excluding hydrogens is 326 g/mol. The van der Waals surface area contributed by atoms with Crippen LogP contribution in [-0.2, 0) is 13.0 Å². The molecule has 0 aliphatic carbocycles. The van der Waals surface area contributed by atoms with Gasteiger partial charge in [-0.15, -0.1) is 11.3 Å². The van der Waals surface area contributed by atoms with E-state index in [0.717, 1.165) is 22.7 Å². The molecule has 2 N–H and O–H groups in total. The third-order valence-electron chi connectivity index (χ3n) is 3.89. The lowest BCUT2D eigenvalue weighted by atomic mass is 10.1. The van der Waals surface area contributed by atoms with E-state index in [2.05, 4.69) is 24.3 Å². The van der Waals surface area contributed by atoms with Crippen molar-refractivity contribution in [2.75, 3.05) is 5.32 Å². The fourth-order valence-electron chi connectivity index (χ4n) is 2.69. The van der Waals surface area contributed by atoms with Gasteiger partial charge in [-0.3, -0.25) is 9.48 Å². The van der Waals surface area contributed by atoms with Gasteiger partial charge in [-0.2, -0.15) is 5.10 Å². The predicted octanol–water partition coefficient (Wildman–Crippen LogP) is 3.73. The molecule has 2 heterocycles. The summed E-state index contributed by atoms with van der Waals surface area (Å²) >= 11 is 1.30. The molecule has 0 unspecified atom stereocenters. The number of aromatic nitrogens is 2. The molecule has 6 nitrogen and oxygen atoms in total. The molecule has 2 aromatic rings. The van der Waals surface area contributed by atoms with E-state index in [4.69, 9.17) is 0 Å². The van der Waals surface area contributed by atoms with Gasteiger partial charge in [0, 0.05) is 17.1 Å². The van der Waals surface area contributed by atoms with Crippen molar-refractivity contribution in [2.45, 2.75) is 47.6 Å². The monoisotopic (exact) mass is 349 g/mol. The fourth-order valence-corrected chi connectivity index (χ4v) is 3.82. The van der Waals surface area contributed by atoms with Crippen molar-refractivity contribution in [2.24, 2.45) is 5.92 Å². The molecular formula is C17H23N3O3S. The van der Waals surface area contributed by atoms with Crippen molar-refractivity contribution in [3.63, 3.8) is 0 Å². The first-order valence-corrected chi connectivity index (χ1v) is 8.77. The molecule has 0 spiro atoms. The number of nitrogens with one attached hydrogen (secondary N) is 1. The number of aromatic carboxylic acids is 1. The molecule has 0 saturated carbocycles. The highest BCUT2D eigenvalue weighted by Gasteiger charge is 2.23. The van der Waals surface area contributed by atoms with E-state index >= 15 is 0 Å². The highest BCUT2D eigenvalue weighted by atomic mass is 32.1. The van der Waals surface area contributed by atoms with E-state index in [-0.39, 0.29) is 11.5 Å². The molecule has 0 aromatic carbocycles. The van der Waals surface area contributed by atoms with Crippen LogP contribution in [0, 0.1) is 19.8 Å². The van der Waals surface area contributed by atoms with Crippen molar-refractivity contribution in [1.29, 1.82) is 0 Å². The third kappa shape index (κ3) is 3.51. The van der Waals surface area contributed by atoms with Crippen LogP contribution in [0.2, 0.25) is 0 Å². The minimum absolute atomic E-state index is 0.195. The average molecular weight is 349 g/mol. The fraction of sp³-hybridized carbons (Fsp3) is 0.471. The van der Waals surface area contributed by atoms with Crippen molar-refractivity contribution in [1.82, 2.24) is 9.78 Å². The number of carbonyl (C=O) groups is 2. The molecule has 0 fully saturated rings. The molecule has 0 saturated heterocycles. The lowest BCUT2D eigenvalue weighted by Gasteiger charge is -2.08. The van der Waals surface area contributed by atoms with Crippen molar-refractivity contribution in [3.05, 3.63) is 33.5 Å². The number of hydrogen-bond donors (Lipinski definition) is 2. The zero-order valence-electron chi connectivity index (χ0n) is 14.6. The Kier molecular flexibility index (Phi) is 5.43. The number of carboxylic acids is 1. The predicted molar refractivity (Wildman–Crippen MR) is 95.1 cm³/mol. The first kappa shape index (κ1) is 18.2. The van der Waals surface area contributed by atoms with Crippen molar-refractivity contribution in [3.8, 4) is 0 Å². The minimum Gasteiger partial charge on any atom is -0.478 e. The van der Waals surface area contributed by atoms with Gasteiger partial charge in [-0.05, 0) is 31.7 Å². The van der Waals surface area contributed by atoms with Gasteiger partial charge in [0.2, 0.25) is 0 Å². The summed E-state index contributed by atoms with van der Waals surface area (Å²) < 4.78 is 1.80. The second-order valence-electron chi connectivity index (χ2n) is 6.17. The lowest BCUT2D eigenvalue weighted by Crippen LogP contribution is -2.15. The summed E-state index contributed by atoms with van der Waals surface area (Å²) in [6, 6.07) is 0. The summed E-state index contributed by atoms with van der Waals surface area (Å²) in [5.41, 5.74) is 2.22. The average Bonchev–Trinajstić information content (AvgIpc) is 2.99. The second kappa shape index (κ2) is 7.17. The standard InChI is InChI=1S/C17H23N3O3S/c1-6-12-11(5)24-16(14(12)17(22)23)19-15(21)13-7-18-20(10(13)4)8-9(2)3/h7,9H,6,8H2,1-5H3,(H,19,21)(H,22,23). The molecule has 2 rings (SSSR count). The number of anilines is 1. The van der Waals surface area contributed by atoms with Crippen LogP contribution in [-0.4, -0.2) is 26.8 Å². The highest BCUT2D eigenvalue weighted by Crippen LogP contribution is 2.33. The van der Waals surface area contributed by atoms with Crippen LogP contribution >= 0.6 is 11.3 Å². The van der Waals surface area contributed by atoms with Crippen molar-refractivity contribution >= 4 is 28.2 Å². The molecule has 7 heteroatoms. The molecule has 0 bridgehead atoms. The maximum atomic E-state index is 12.6. The third-order valence-corrected chi connectivity index (χ3v) is 4.95. The highest BCUT2D eigenvalue weighted by molar-refractivity contribution is 7.16. The Labute approximate surface area is 145 Å². The Hall–Kier alpha value is -2.15. The van der Waals surface area contributed by atoms with Gasteiger partial charge in [0.15, 0.2) is 0 Å². The Morgan fingerprint density at radius 3 is 2.58 bits per heavy atom. The summed E-state index contributed by atoms with van der Waals surface area (Å²) in [5.74, 6) is -0.919. The first-order valence-electron chi connectivity index (χ1n) is 7.95. The van der Waals surface area contributed by atoms with E-state index in [0.29, 0.717) is 22.9 Å². The van der Waals surface area contributed by atoms with Crippen LogP contribution in [0.15, 0.2) is 6.20 Å². The quantitative estimate of drug-likeness (QED) is 0.832. The number of rotatable bonds is 6. The number of thiophene rings is 1. The normalized spacial score (nSPS) is 11.1. The van der Waals surface area contributed by atoms with Crippen LogP contribution in [0.1, 0.15) is 57.6 Å². The Balaban J connectivity index is 2.31. The lowest BCUT2D eigenvalue weighted by molar-refractivity contribution is 0.0697. The van der Waals surface area contributed by atoms with Gasteiger partial charge in [-0.1, -0.05) is 20.8 Å². The molecule has 0 aliphatic rings. The molecule has 0 atom stereocenters. The Morgan fingerprint density at radius 2 is 2.04 bits per heavy atom. The van der Waals surface area contributed by atoms with Gasteiger partial charge < -0.3 is 10.4 Å². The van der Waals surface area contributed by atoms with E-state index in [9.17, 15) is 14.7 Å². The maximum absolute atomic E-state index is 12.6. The number of nitrogens with zero attached hydrogens (tertiary/aromatic N) is 2. The van der Waals surface area contributed by atoms with Crippen LogP contribution in [0.25, 0.3) is 0 Å². The number of carbonyl (C=O) groups excluding carboxylic acids is 1. The van der Waals surface area contributed by atoms with Gasteiger partial charge in [0.1, 0.15) is 5.00 Å². The SMILES string of the molecule is CCc1c(C)sc(NC(=O)c2cnn(CC(C)C)c2C)c1C(=O)O. The number of hydrogen-bond acceptors (Lipinski definition) is 4. The number of carboxylic acid groups (broad SMARTS) is 1. The largest absolute Gasteiger partial charge is 0.478 e. The van der Waals surface area contributed by atoms with Gasteiger partial charge in [0.25, 0.3) is 5.91 Å². The van der Waals surface area contributed by atoms with Crippen molar-refractivity contribution < 1.29 is 14.7 Å². The van der Waals surface area contributed by atoms with E-state index in [1.165, 1.54) is 17.5 Å². The number of aryl methyl sites for hydroxylation is 1. The molecule has 24 heavy (non-hydrogen) atoms. The Morgan fingerprint density at radius 1 is 1.38 bits per heavy atom. The summed E-state index contributed by atoms with van der Waals surface area (Å²) in [7, 11) is 0. The molecule has 0 aliphatic heterocycles. The van der Waals surface area contributed by atoms with Crippen LogP contribution in [0.4, 0.5) is 5.00 Å². The molecule has 2 aromatic heterocycles. The minimum atomic E-state index is -1.02. The maximum Gasteiger partial charge on any atom is 0.339 e. The van der Waals surface area contributed by atoms with Gasteiger partial charge >= 0.3 is 5.97 Å². The summed E-state index contributed by atoms with van der Waals surface area (Å²) in [6.45, 7) is 10.5. The van der Waals surface area contributed by atoms with E-state index in [1.807, 2.05) is 20.8 Å². The molecule has 0 radical (unpaired) electrons. The Bertz CT molecular complexity index is 774. The van der Waals surface area contributed by atoms with E-state index in [1.54, 1.807) is 4.68 Å².